The lowest BCUT2D eigenvalue weighted by atomic mass is 10.2. The standard InChI is InChI=1S/C18H37N5O4.HI/c1-9-23(16(25)27-18(5,6)7)13-12-21-14(19-8)20-10-11-22-15(24)26-17(2,3)4;/h9-13H2,1-8H3,(H,22,24)(H2,19,20,21);1H. The SMILES string of the molecule is CCN(CCNC(=NC)NCCNC(=O)OC(C)(C)C)C(=O)OC(C)(C)C.I. The summed E-state index contributed by atoms with van der Waals surface area (Å²) in [5.41, 5.74) is -1.04. The summed E-state index contributed by atoms with van der Waals surface area (Å²) >= 11 is 0. The first-order valence-electron chi connectivity index (χ1n) is 9.27. The smallest absolute Gasteiger partial charge is 0.410 e. The Morgan fingerprint density at radius 1 is 0.893 bits per heavy atom. The minimum Gasteiger partial charge on any atom is -0.444 e. The number of hydrogen-bond acceptors (Lipinski definition) is 5. The van der Waals surface area contributed by atoms with Gasteiger partial charge in [-0.2, -0.15) is 0 Å². The van der Waals surface area contributed by atoms with Crippen molar-refractivity contribution in [3.05, 3.63) is 0 Å². The molecule has 0 unspecified atom stereocenters. The summed E-state index contributed by atoms with van der Waals surface area (Å²) in [6, 6.07) is 0. The predicted octanol–water partition coefficient (Wildman–Crippen LogP) is 2.55. The molecule has 3 N–H and O–H groups in total. The van der Waals surface area contributed by atoms with Crippen molar-refractivity contribution in [3.8, 4) is 0 Å². The molecule has 0 aliphatic carbocycles. The predicted molar refractivity (Wildman–Crippen MR) is 122 cm³/mol. The minimum absolute atomic E-state index is 0. The van der Waals surface area contributed by atoms with Crippen LogP contribution in [0.5, 0.6) is 0 Å². The van der Waals surface area contributed by atoms with Crippen molar-refractivity contribution in [1.82, 2.24) is 20.9 Å². The van der Waals surface area contributed by atoms with E-state index in [0.29, 0.717) is 38.7 Å². The fourth-order valence-corrected chi connectivity index (χ4v) is 1.89. The average molecular weight is 515 g/mol. The fraction of sp³-hybridized carbons (Fsp3) is 0.833. The highest BCUT2D eigenvalue weighted by atomic mass is 127. The fourth-order valence-electron chi connectivity index (χ4n) is 1.89. The molecular weight excluding hydrogens is 477 g/mol. The molecule has 0 aliphatic rings. The Balaban J connectivity index is 0. The van der Waals surface area contributed by atoms with Crippen LogP contribution in [-0.2, 0) is 9.47 Å². The van der Waals surface area contributed by atoms with Gasteiger partial charge >= 0.3 is 12.2 Å². The zero-order valence-electron chi connectivity index (χ0n) is 18.5. The van der Waals surface area contributed by atoms with E-state index in [1.807, 2.05) is 48.5 Å². The average Bonchev–Trinajstić information content (AvgIpc) is 2.49. The number of alkyl carbamates (subject to hydrolysis) is 1. The van der Waals surface area contributed by atoms with E-state index in [-0.39, 0.29) is 30.1 Å². The van der Waals surface area contributed by atoms with Gasteiger partial charge in [0.2, 0.25) is 0 Å². The highest BCUT2D eigenvalue weighted by Crippen LogP contribution is 2.09. The summed E-state index contributed by atoms with van der Waals surface area (Å²) in [7, 11) is 1.65. The topological polar surface area (TPSA) is 104 Å². The van der Waals surface area contributed by atoms with E-state index < -0.39 is 17.3 Å². The van der Waals surface area contributed by atoms with Crippen LogP contribution in [0.2, 0.25) is 0 Å². The monoisotopic (exact) mass is 515 g/mol. The summed E-state index contributed by atoms with van der Waals surface area (Å²) in [4.78, 5) is 29.4. The number of likely N-dealkylation sites (N-methyl/N-ethyl adjacent to an activating group) is 1. The Labute approximate surface area is 186 Å². The van der Waals surface area contributed by atoms with Gasteiger partial charge in [0.1, 0.15) is 11.2 Å². The summed E-state index contributed by atoms with van der Waals surface area (Å²) in [6.07, 6.45) is -0.792. The number of guanidine groups is 1. The van der Waals surface area contributed by atoms with E-state index in [0.717, 1.165) is 0 Å². The van der Waals surface area contributed by atoms with E-state index in [1.54, 1.807) is 11.9 Å². The van der Waals surface area contributed by atoms with Crippen molar-refractivity contribution in [2.24, 2.45) is 4.99 Å². The Morgan fingerprint density at radius 2 is 1.39 bits per heavy atom. The van der Waals surface area contributed by atoms with E-state index >= 15 is 0 Å². The van der Waals surface area contributed by atoms with Crippen molar-refractivity contribution in [3.63, 3.8) is 0 Å². The molecule has 0 spiro atoms. The number of ether oxygens (including phenoxy) is 2. The number of carbonyl (C=O) groups is 2. The molecule has 166 valence electrons. The zero-order valence-corrected chi connectivity index (χ0v) is 20.8. The van der Waals surface area contributed by atoms with E-state index in [9.17, 15) is 9.59 Å². The largest absolute Gasteiger partial charge is 0.444 e. The number of hydrogen-bond donors (Lipinski definition) is 3. The second kappa shape index (κ2) is 13.7. The highest BCUT2D eigenvalue weighted by Gasteiger charge is 2.20. The molecular formula is C18H38IN5O4. The third-order valence-corrected chi connectivity index (χ3v) is 3.02. The van der Waals surface area contributed by atoms with Crippen LogP contribution in [0.3, 0.4) is 0 Å². The third kappa shape index (κ3) is 15.6. The summed E-state index contributed by atoms with van der Waals surface area (Å²) in [5, 5.41) is 8.87. The van der Waals surface area contributed by atoms with Crippen LogP contribution < -0.4 is 16.0 Å². The molecule has 0 fully saturated rings. The second-order valence-electron chi connectivity index (χ2n) is 7.91. The van der Waals surface area contributed by atoms with Gasteiger partial charge in [-0.05, 0) is 48.5 Å². The number of rotatable bonds is 7. The molecule has 0 rings (SSSR count). The lowest BCUT2D eigenvalue weighted by Gasteiger charge is -2.26. The van der Waals surface area contributed by atoms with Gasteiger partial charge < -0.3 is 30.3 Å². The van der Waals surface area contributed by atoms with Crippen LogP contribution in [0.25, 0.3) is 0 Å². The molecule has 0 bridgehead atoms. The van der Waals surface area contributed by atoms with Gasteiger partial charge in [-0.15, -0.1) is 24.0 Å². The van der Waals surface area contributed by atoms with Crippen LogP contribution in [0.4, 0.5) is 9.59 Å². The lowest BCUT2D eigenvalue weighted by molar-refractivity contribution is 0.0263. The quantitative estimate of drug-likeness (QED) is 0.209. The van der Waals surface area contributed by atoms with Gasteiger partial charge in [0.15, 0.2) is 5.96 Å². The van der Waals surface area contributed by atoms with Gasteiger partial charge in [-0.3, -0.25) is 4.99 Å². The molecule has 0 radical (unpaired) electrons. The van der Waals surface area contributed by atoms with Crippen molar-refractivity contribution < 1.29 is 19.1 Å². The zero-order chi connectivity index (χ0) is 21.1. The first-order chi connectivity index (χ1) is 12.4. The van der Waals surface area contributed by atoms with Crippen LogP contribution in [0.1, 0.15) is 48.5 Å². The minimum atomic E-state index is -0.519. The number of nitrogens with one attached hydrogen (secondary N) is 3. The molecule has 0 aliphatic heterocycles. The summed E-state index contributed by atoms with van der Waals surface area (Å²) < 4.78 is 10.5. The number of carbonyl (C=O) groups excluding carboxylic acids is 2. The van der Waals surface area contributed by atoms with Gasteiger partial charge in [0.25, 0.3) is 0 Å². The maximum atomic E-state index is 12.1. The number of amides is 2. The normalized spacial score (nSPS) is 11.8. The molecule has 0 atom stereocenters. The third-order valence-electron chi connectivity index (χ3n) is 3.02. The van der Waals surface area contributed by atoms with Crippen LogP contribution in [-0.4, -0.2) is 74.0 Å². The first-order valence-corrected chi connectivity index (χ1v) is 9.27. The molecule has 28 heavy (non-hydrogen) atoms. The molecule has 0 saturated heterocycles. The second-order valence-corrected chi connectivity index (χ2v) is 7.91. The first kappa shape index (κ1) is 28.7. The van der Waals surface area contributed by atoms with Crippen molar-refractivity contribution in [2.45, 2.75) is 59.7 Å². The van der Waals surface area contributed by atoms with Crippen molar-refractivity contribution in [1.29, 1.82) is 0 Å². The van der Waals surface area contributed by atoms with Crippen LogP contribution in [0, 0.1) is 0 Å². The Kier molecular flexibility index (Phi) is 14.0. The molecule has 0 aromatic rings. The van der Waals surface area contributed by atoms with Gasteiger partial charge in [0, 0.05) is 39.8 Å². The lowest BCUT2D eigenvalue weighted by Crippen LogP contribution is -2.46. The molecule has 10 heteroatoms. The van der Waals surface area contributed by atoms with Crippen molar-refractivity contribution >= 4 is 42.1 Å². The number of halogens is 1. The maximum absolute atomic E-state index is 12.1. The number of nitrogens with zero attached hydrogens (tertiary/aromatic N) is 2. The highest BCUT2D eigenvalue weighted by molar-refractivity contribution is 14.0. The van der Waals surface area contributed by atoms with Gasteiger partial charge in [0.05, 0.1) is 0 Å². The summed E-state index contributed by atoms with van der Waals surface area (Å²) in [5.74, 6) is 0.584. The summed E-state index contributed by atoms with van der Waals surface area (Å²) in [6.45, 7) is 15.3. The maximum Gasteiger partial charge on any atom is 0.410 e. The Morgan fingerprint density at radius 3 is 1.86 bits per heavy atom. The van der Waals surface area contributed by atoms with Crippen LogP contribution in [0.15, 0.2) is 4.99 Å². The Hall–Kier alpha value is -1.46. The Bertz CT molecular complexity index is 501. The van der Waals surface area contributed by atoms with E-state index in [4.69, 9.17) is 9.47 Å². The molecule has 0 saturated carbocycles. The van der Waals surface area contributed by atoms with E-state index in [1.165, 1.54) is 0 Å². The molecule has 9 nitrogen and oxygen atoms in total. The van der Waals surface area contributed by atoms with Crippen molar-refractivity contribution in [2.75, 3.05) is 39.8 Å². The van der Waals surface area contributed by atoms with Gasteiger partial charge in [-0.1, -0.05) is 0 Å². The van der Waals surface area contributed by atoms with E-state index in [2.05, 4.69) is 20.9 Å². The molecule has 0 aromatic heterocycles. The van der Waals surface area contributed by atoms with Crippen LogP contribution >= 0.6 is 24.0 Å². The molecule has 2 amide bonds. The molecule has 0 aromatic carbocycles. The number of aliphatic imine (C=N–C) groups is 1. The molecule has 0 heterocycles. The van der Waals surface area contributed by atoms with Gasteiger partial charge in [-0.25, -0.2) is 9.59 Å².